The fourth-order valence-corrected chi connectivity index (χ4v) is 6.87. The molecule has 1 spiro atoms. The van der Waals surface area contributed by atoms with Crippen molar-refractivity contribution >= 4 is 37.1 Å². The minimum absolute atomic E-state index is 0.0945. The summed E-state index contributed by atoms with van der Waals surface area (Å²) in [6, 6.07) is 3.38. The number of benzene rings is 1. The van der Waals surface area contributed by atoms with Crippen LogP contribution in [0.3, 0.4) is 0 Å². The Hall–Kier alpha value is -1.12. The Kier molecular flexibility index (Phi) is 7.14. The zero-order valence-electron chi connectivity index (χ0n) is 18.3. The van der Waals surface area contributed by atoms with Gasteiger partial charge >= 0.3 is 0 Å². The van der Waals surface area contributed by atoms with E-state index in [1.165, 1.54) is 0 Å². The summed E-state index contributed by atoms with van der Waals surface area (Å²) in [6.07, 6.45) is 7.04. The summed E-state index contributed by atoms with van der Waals surface area (Å²) < 4.78 is 54.2. The fourth-order valence-electron chi connectivity index (χ4n) is 5.14. The van der Waals surface area contributed by atoms with Gasteiger partial charge in [0.1, 0.15) is 31.0 Å². The lowest BCUT2D eigenvalue weighted by molar-refractivity contribution is -0.0458. The Labute approximate surface area is 190 Å². The van der Waals surface area contributed by atoms with E-state index in [4.69, 9.17) is 16.3 Å². The van der Waals surface area contributed by atoms with Crippen LogP contribution in [0.4, 0.5) is 0 Å². The molecule has 1 fully saturated rings. The number of fused-ring (bicyclic) bond motifs is 1. The first kappa shape index (κ1) is 24.5. The van der Waals surface area contributed by atoms with E-state index in [0.717, 1.165) is 37.3 Å². The van der Waals surface area contributed by atoms with E-state index in [0.29, 0.717) is 29.2 Å². The number of ketones is 1. The van der Waals surface area contributed by atoms with E-state index in [1.807, 2.05) is 6.92 Å². The Bertz CT molecular complexity index is 1020. The molecule has 6 nitrogen and oxygen atoms in total. The Morgan fingerprint density at radius 3 is 2.10 bits per heavy atom. The SMILES string of the molecule is Cc1cc(Cl)cc2c1OC1(CCCCC1)C(C(CCS(C)(=O)=O)CCS(C)(=O)=O)C2=O. The molecule has 9 heteroatoms. The molecule has 1 aromatic rings. The molecule has 174 valence electrons. The van der Waals surface area contributed by atoms with Gasteiger partial charge in [-0.15, -0.1) is 0 Å². The highest BCUT2D eigenvalue weighted by Gasteiger charge is 2.53. The minimum atomic E-state index is -3.27. The van der Waals surface area contributed by atoms with Gasteiger partial charge in [-0.3, -0.25) is 4.79 Å². The van der Waals surface area contributed by atoms with Crippen molar-refractivity contribution in [2.75, 3.05) is 24.0 Å². The quantitative estimate of drug-likeness (QED) is 0.572. The first-order chi connectivity index (χ1) is 14.3. The van der Waals surface area contributed by atoms with Gasteiger partial charge < -0.3 is 4.74 Å². The number of ether oxygens (including phenoxy) is 1. The standard InChI is InChI=1S/C22H31ClO6S2/c1-15-13-17(23)14-18-20(24)19(22(29-21(15)18)9-5-4-6-10-22)16(7-11-30(2,25)26)8-12-31(3,27)28/h13-14,16,19H,4-12H2,1-3H3. The van der Waals surface area contributed by atoms with E-state index < -0.39 is 37.1 Å². The van der Waals surface area contributed by atoms with Crippen molar-refractivity contribution in [1.82, 2.24) is 0 Å². The van der Waals surface area contributed by atoms with Crippen LogP contribution in [0.15, 0.2) is 12.1 Å². The summed E-state index contributed by atoms with van der Waals surface area (Å²) in [5.41, 5.74) is 0.471. The van der Waals surface area contributed by atoms with Gasteiger partial charge in [-0.25, -0.2) is 16.8 Å². The van der Waals surface area contributed by atoms with Crippen molar-refractivity contribution in [3.05, 3.63) is 28.3 Å². The molecule has 0 aromatic heterocycles. The number of carbonyl (C=O) groups excluding carboxylic acids is 1. The molecule has 31 heavy (non-hydrogen) atoms. The van der Waals surface area contributed by atoms with E-state index in [2.05, 4.69) is 0 Å². The third-order valence-corrected chi connectivity index (χ3v) is 8.72. The summed E-state index contributed by atoms with van der Waals surface area (Å²) >= 11 is 6.23. The van der Waals surface area contributed by atoms with Crippen LogP contribution in [0, 0.1) is 18.8 Å². The smallest absolute Gasteiger partial charge is 0.174 e. The number of hydrogen-bond donors (Lipinski definition) is 0. The fraction of sp³-hybridized carbons (Fsp3) is 0.682. The number of aryl methyl sites for hydroxylation is 1. The molecule has 0 bridgehead atoms. The van der Waals surface area contributed by atoms with Gasteiger partial charge in [-0.1, -0.05) is 18.0 Å². The number of hydrogen-bond acceptors (Lipinski definition) is 6. The molecule has 3 rings (SSSR count). The van der Waals surface area contributed by atoms with Gasteiger partial charge in [-0.05, 0) is 69.1 Å². The first-order valence-corrected chi connectivity index (χ1v) is 15.2. The maximum Gasteiger partial charge on any atom is 0.174 e. The van der Waals surface area contributed by atoms with Crippen molar-refractivity contribution < 1.29 is 26.4 Å². The molecule has 0 radical (unpaired) electrons. The van der Waals surface area contributed by atoms with Gasteiger partial charge in [0, 0.05) is 17.5 Å². The number of Topliss-reactive ketones (excluding diaryl/α,β-unsaturated/α-hetero) is 1. The topological polar surface area (TPSA) is 94.6 Å². The van der Waals surface area contributed by atoms with Crippen LogP contribution in [-0.2, 0) is 19.7 Å². The van der Waals surface area contributed by atoms with E-state index >= 15 is 0 Å². The second-order valence-corrected chi connectivity index (χ2v) is 14.2. The normalized spacial score (nSPS) is 21.2. The summed E-state index contributed by atoms with van der Waals surface area (Å²) in [6.45, 7) is 1.86. The molecular formula is C22H31ClO6S2. The van der Waals surface area contributed by atoms with Gasteiger partial charge in [0.15, 0.2) is 5.78 Å². The average molecular weight is 491 g/mol. The van der Waals surface area contributed by atoms with Gasteiger partial charge in [0.2, 0.25) is 0 Å². The summed E-state index contributed by atoms with van der Waals surface area (Å²) in [5.74, 6) is -0.756. The highest BCUT2D eigenvalue weighted by atomic mass is 35.5. The van der Waals surface area contributed by atoms with Crippen LogP contribution >= 0.6 is 11.6 Å². The highest BCUT2D eigenvalue weighted by Crippen LogP contribution is 2.50. The summed E-state index contributed by atoms with van der Waals surface area (Å²) in [7, 11) is -6.54. The largest absolute Gasteiger partial charge is 0.485 e. The molecule has 1 aromatic carbocycles. The van der Waals surface area contributed by atoms with Crippen LogP contribution in [0.1, 0.15) is 60.9 Å². The van der Waals surface area contributed by atoms with Gasteiger partial charge in [0.05, 0.1) is 23.0 Å². The molecule has 2 aliphatic rings. The molecule has 1 unspecified atom stereocenters. The Morgan fingerprint density at radius 2 is 1.58 bits per heavy atom. The number of sulfone groups is 2. The Morgan fingerprint density at radius 1 is 1.03 bits per heavy atom. The van der Waals surface area contributed by atoms with Crippen molar-refractivity contribution in [3.8, 4) is 5.75 Å². The van der Waals surface area contributed by atoms with Crippen LogP contribution in [-0.4, -0.2) is 52.2 Å². The van der Waals surface area contributed by atoms with Crippen LogP contribution in [0.5, 0.6) is 5.75 Å². The van der Waals surface area contributed by atoms with Crippen molar-refractivity contribution in [1.29, 1.82) is 0 Å². The number of carbonyl (C=O) groups is 1. The lowest BCUT2D eigenvalue weighted by Gasteiger charge is -2.49. The predicted molar refractivity (Wildman–Crippen MR) is 123 cm³/mol. The molecule has 0 amide bonds. The van der Waals surface area contributed by atoms with E-state index in [-0.39, 0.29) is 30.1 Å². The summed E-state index contributed by atoms with van der Waals surface area (Å²) in [5, 5.41) is 0.440. The molecule has 1 atom stereocenters. The predicted octanol–water partition coefficient (Wildman–Crippen LogP) is 4.03. The van der Waals surface area contributed by atoms with E-state index in [1.54, 1.807) is 12.1 Å². The van der Waals surface area contributed by atoms with Crippen LogP contribution in [0.25, 0.3) is 0 Å². The maximum absolute atomic E-state index is 13.8. The van der Waals surface area contributed by atoms with Crippen LogP contribution in [0.2, 0.25) is 5.02 Å². The lowest BCUT2D eigenvalue weighted by Crippen LogP contribution is -2.55. The molecule has 1 aliphatic heterocycles. The second-order valence-electron chi connectivity index (χ2n) is 9.27. The Balaban J connectivity index is 2.08. The monoisotopic (exact) mass is 490 g/mol. The molecular weight excluding hydrogens is 460 g/mol. The van der Waals surface area contributed by atoms with Gasteiger partial charge in [-0.2, -0.15) is 0 Å². The maximum atomic E-state index is 13.8. The van der Waals surface area contributed by atoms with Crippen molar-refractivity contribution in [2.45, 2.75) is 57.5 Å². The lowest BCUT2D eigenvalue weighted by atomic mass is 9.64. The van der Waals surface area contributed by atoms with Gasteiger partial charge in [0.25, 0.3) is 0 Å². The zero-order chi connectivity index (χ0) is 23.0. The van der Waals surface area contributed by atoms with Crippen molar-refractivity contribution in [3.63, 3.8) is 0 Å². The molecule has 0 N–H and O–H groups in total. The molecule has 0 saturated heterocycles. The second kappa shape index (κ2) is 9.02. The molecule has 1 heterocycles. The van der Waals surface area contributed by atoms with E-state index in [9.17, 15) is 21.6 Å². The van der Waals surface area contributed by atoms with Crippen LogP contribution < -0.4 is 4.74 Å². The number of rotatable bonds is 7. The third-order valence-electron chi connectivity index (χ3n) is 6.55. The third kappa shape index (κ3) is 5.82. The van der Waals surface area contributed by atoms with Crippen molar-refractivity contribution in [2.24, 2.45) is 11.8 Å². The molecule has 1 aliphatic carbocycles. The highest BCUT2D eigenvalue weighted by molar-refractivity contribution is 7.90. The first-order valence-electron chi connectivity index (χ1n) is 10.7. The molecule has 1 saturated carbocycles. The average Bonchev–Trinajstić information content (AvgIpc) is 2.64. The zero-order valence-corrected chi connectivity index (χ0v) is 20.7. The number of halogens is 1. The summed E-state index contributed by atoms with van der Waals surface area (Å²) in [4.78, 5) is 13.8. The minimum Gasteiger partial charge on any atom is -0.485 e.